The summed E-state index contributed by atoms with van der Waals surface area (Å²) >= 11 is 0. The van der Waals surface area contributed by atoms with E-state index in [0.717, 1.165) is 11.5 Å². The molecule has 1 aromatic rings. The van der Waals surface area contributed by atoms with Gasteiger partial charge in [-0.2, -0.15) is 0 Å². The summed E-state index contributed by atoms with van der Waals surface area (Å²) in [5.74, 6) is -1.58. The molecule has 1 rings (SSSR count). The standard InChI is InChI=1S/C11H12N2O5S/c12-10(14)8-18-13-11(15)6-7-19(16,17)9-4-2-1-3-5-9/h1-7H,8H2,(H2,12,14)(H,13,15)/b7-6+. The highest BCUT2D eigenvalue weighted by Gasteiger charge is 2.09. The lowest BCUT2D eigenvalue weighted by atomic mass is 10.4. The topological polar surface area (TPSA) is 116 Å². The molecule has 0 spiro atoms. The average molecular weight is 284 g/mol. The van der Waals surface area contributed by atoms with Gasteiger partial charge in [0.2, 0.25) is 5.91 Å². The van der Waals surface area contributed by atoms with E-state index in [-0.39, 0.29) is 4.90 Å². The Morgan fingerprint density at radius 2 is 1.89 bits per heavy atom. The van der Waals surface area contributed by atoms with Crippen molar-refractivity contribution in [3.63, 3.8) is 0 Å². The van der Waals surface area contributed by atoms with Gasteiger partial charge in [0.25, 0.3) is 5.91 Å². The van der Waals surface area contributed by atoms with Gasteiger partial charge in [0, 0.05) is 11.5 Å². The number of hydrogen-bond donors (Lipinski definition) is 2. The summed E-state index contributed by atoms with van der Waals surface area (Å²) in [6, 6.07) is 7.61. The molecule has 1 aromatic carbocycles. The molecule has 0 radical (unpaired) electrons. The zero-order chi connectivity index (χ0) is 14.3. The monoisotopic (exact) mass is 284 g/mol. The Labute approximate surface area is 109 Å². The van der Waals surface area contributed by atoms with Gasteiger partial charge in [-0.3, -0.25) is 14.4 Å². The molecule has 0 fully saturated rings. The van der Waals surface area contributed by atoms with Gasteiger partial charge in [-0.05, 0) is 12.1 Å². The minimum atomic E-state index is -3.69. The summed E-state index contributed by atoms with van der Waals surface area (Å²) < 4.78 is 23.5. The van der Waals surface area contributed by atoms with E-state index in [1.54, 1.807) is 18.2 Å². The number of amides is 2. The van der Waals surface area contributed by atoms with Crippen molar-refractivity contribution in [2.24, 2.45) is 5.73 Å². The molecule has 102 valence electrons. The second-order valence-corrected chi connectivity index (χ2v) is 5.22. The normalized spacial score (nSPS) is 11.4. The summed E-state index contributed by atoms with van der Waals surface area (Å²) in [5.41, 5.74) is 6.62. The van der Waals surface area contributed by atoms with Gasteiger partial charge in [-0.15, -0.1) is 0 Å². The molecule has 2 amide bonds. The molecule has 0 atom stereocenters. The van der Waals surface area contributed by atoms with Crippen LogP contribution in [0.3, 0.4) is 0 Å². The molecule has 0 bridgehead atoms. The molecule has 0 heterocycles. The third kappa shape index (κ3) is 5.32. The molecule has 0 unspecified atom stereocenters. The summed E-state index contributed by atoms with van der Waals surface area (Å²) in [6.07, 6.45) is 0.781. The highest BCUT2D eigenvalue weighted by atomic mass is 32.2. The maximum atomic E-state index is 11.7. The molecule has 0 aliphatic heterocycles. The van der Waals surface area contributed by atoms with Crippen molar-refractivity contribution in [2.75, 3.05) is 6.61 Å². The van der Waals surface area contributed by atoms with Gasteiger partial charge in [0.05, 0.1) is 4.90 Å². The Balaban J connectivity index is 2.61. The number of rotatable bonds is 6. The van der Waals surface area contributed by atoms with Gasteiger partial charge >= 0.3 is 0 Å². The van der Waals surface area contributed by atoms with Crippen LogP contribution in [0.5, 0.6) is 0 Å². The van der Waals surface area contributed by atoms with Crippen molar-refractivity contribution in [3.8, 4) is 0 Å². The molecule has 19 heavy (non-hydrogen) atoms. The Kier molecular flexibility index (Phi) is 5.22. The lowest BCUT2D eigenvalue weighted by molar-refractivity contribution is -0.134. The number of primary amides is 1. The highest BCUT2D eigenvalue weighted by Crippen LogP contribution is 2.10. The fraction of sp³-hybridized carbons (Fsp3) is 0.0909. The van der Waals surface area contributed by atoms with Crippen LogP contribution in [0.2, 0.25) is 0 Å². The highest BCUT2D eigenvalue weighted by molar-refractivity contribution is 7.94. The first-order chi connectivity index (χ1) is 8.92. The Hall–Kier alpha value is -2.19. The van der Waals surface area contributed by atoms with E-state index >= 15 is 0 Å². The maximum absolute atomic E-state index is 11.7. The van der Waals surface area contributed by atoms with Crippen LogP contribution in [-0.2, 0) is 24.3 Å². The number of sulfone groups is 1. The van der Waals surface area contributed by atoms with Crippen molar-refractivity contribution >= 4 is 21.7 Å². The molecule has 0 saturated heterocycles. The predicted molar refractivity (Wildman–Crippen MR) is 66.1 cm³/mol. The molecule has 0 aliphatic carbocycles. The smallest absolute Gasteiger partial charge is 0.268 e. The van der Waals surface area contributed by atoms with Gasteiger partial charge in [0.15, 0.2) is 16.4 Å². The minimum absolute atomic E-state index is 0.0668. The molecular weight excluding hydrogens is 272 g/mol. The SMILES string of the molecule is NC(=O)CONC(=O)/C=C/S(=O)(=O)c1ccccc1. The lowest BCUT2D eigenvalue weighted by Crippen LogP contribution is -2.28. The second kappa shape index (κ2) is 6.66. The molecule has 8 heteroatoms. The molecule has 0 aliphatic rings. The quantitative estimate of drug-likeness (QED) is 0.540. The average Bonchev–Trinajstić information content (AvgIpc) is 2.37. The van der Waals surface area contributed by atoms with E-state index in [2.05, 4.69) is 4.84 Å². The summed E-state index contributed by atoms with van der Waals surface area (Å²) in [6.45, 7) is -0.495. The van der Waals surface area contributed by atoms with E-state index in [4.69, 9.17) is 5.73 Å². The van der Waals surface area contributed by atoms with E-state index in [1.807, 2.05) is 5.48 Å². The largest absolute Gasteiger partial charge is 0.368 e. The van der Waals surface area contributed by atoms with E-state index < -0.39 is 28.3 Å². The fourth-order valence-electron chi connectivity index (χ4n) is 1.05. The first kappa shape index (κ1) is 14.9. The van der Waals surface area contributed by atoms with Crippen molar-refractivity contribution in [1.29, 1.82) is 0 Å². The van der Waals surface area contributed by atoms with E-state index in [9.17, 15) is 18.0 Å². The maximum Gasteiger partial charge on any atom is 0.268 e. The number of hydrogen-bond acceptors (Lipinski definition) is 5. The van der Waals surface area contributed by atoms with Crippen molar-refractivity contribution in [1.82, 2.24) is 5.48 Å². The number of carbonyl (C=O) groups is 2. The number of hydroxylamine groups is 1. The van der Waals surface area contributed by atoms with Gasteiger partial charge in [0.1, 0.15) is 0 Å². The van der Waals surface area contributed by atoms with E-state index in [0.29, 0.717) is 0 Å². The third-order valence-corrected chi connectivity index (χ3v) is 3.28. The number of carbonyl (C=O) groups excluding carboxylic acids is 2. The number of benzene rings is 1. The van der Waals surface area contributed by atoms with Crippen LogP contribution in [0.15, 0.2) is 46.7 Å². The van der Waals surface area contributed by atoms with Gasteiger partial charge < -0.3 is 5.73 Å². The second-order valence-electron chi connectivity index (χ2n) is 3.38. The zero-order valence-corrected chi connectivity index (χ0v) is 10.6. The van der Waals surface area contributed by atoms with Crippen LogP contribution in [-0.4, -0.2) is 26.8 Å². The molecule has 0 aromatic heterocycles. The van der Waals surface area contributed by atoms with Gasteiger partial charge in [-0.1, -0.05) is 18.2 Å². The Morgan fingerprint density at radius 3 is 2.47 bits per heavy atom. The zero-order valence-electron chi connectivity index (χ0n) is 9.78. The fourth-order valence-corrected chi connectivity index (χ4v) is 2.05. The summed E-state index contributed by atoms with van der Waals surface area (Å²) in [5, 5.41) is 0.741. The summed E-state index contributed by atoms with van der Waals surface area (Å²) in [7, 11) is -3.69. The van der Waals surface area contributed by atoms with E-state index in [1.165, 1.54) is 12.1 Å². The molecule has 3 N–H and O–H groups in total. The Morgan fingerprint density at radius 1 is 1.26 bits per heavy atom. The predicted octanol–water partition coefficient (Wildman–Crippen LogP) is -0.493. The Bertz CT molecular complexity index is 580. The van der Waals surface area contributed by atoms with Crippen LogP contribution in [0, 0.1) is 0 Å². The summed E-state index contributed by atoms with van der Waals surface area (Å²) in [4.78, 5) is 26.0. The molecular formula is C11H12N2O5S. The lowest BCUT2D eigenvalue weighted by Gasteiger charge is -2.00. The van der Waals surface area contributed by atoms with Crippen molar-refractivity contribution in [2.45, 2.75) is 4.90 Å². The van der Waals surface area contributed by atoms with Crippen LogP contribution in [0.1, 0.15) is 0 Å². The molecule has 7 nitrogen and oxygen atoms in total. The first-order valence-corrected chi connectivity index (χ1v) is 6.65. The van der Waals surface area contributed by atoms with Crippen molar-refractivity contribution in [3.05, 3.63) is 41.8 Å². The van der Waals surface area contributed by atoms with Crippen LogP contribution in [0.4, 0.5) is 0 Å². The number of nitrogens with one attached hydrogen (secondary N) is 1. The van der Waals surface area contributed by atoms with Crippen LogP contribution < -0.4 is 11.2 Å². The molecule has 0 saturated carbocycles. The van der Waals surface area contributed by atoms with Crippen LogP contribution in [0.25, 0.3) is 0 Å². The number of nitrogens with two attached hydrogens (primary N) is 1. The minimum Gasteiger partial charge on any atom is -0.368 e. The third-order valence-electron chi connectivity index (χ3n) is 1.86. The van der Waals surface area contributed by atoms with Crippen molar-refractivity contribution < 1.29 is 22.8 Å². The van der Waals surface area contributed by atoms with Crippen LogP contribution >= 0.6 is 0 Å². The van der Waals surface area contributed by atoms with Gasteiger partial charge in [-0.25, -0.2) is 13.9 Å². The first-order valence-electron chi connectivity index (χ1n) is 5.10.